The summed E-state index contributed by atoms with van der Waals surface area (Å²) in [7, 11) is 2.74. The van der Waals surface area contributed by atoms with Gasteiger partial charge in [-0.05, 0) is 18.1 Å². The van der Waals surface area contributed by atoms with E-state index in [1.165, 1.54) is 14.2 Å². The van der Waals surface area contributed by atoms with E-state index in [1.54, 1.807) is 30.3 Å². The minimum Gasteiger partial charge on any atom is -0.497 e. The minimum atomic E-state index is -0.554. The third-order valence-corrected chi connectivity index (χ3v) is 3.92. The summed E-state index contributed by atoms with van der Waals surface area (Å²) in [5.74, 6) is -0.168. The van der Waals surface area contributed by atoms with Crippen LogP contribution in [0.3, 0.4) is 0 Å². The van der Waals surface area contributed by atoms with Crippen molar-refractivity contribution in [2.45, 2.75) is 6.42 Å². The highest BCUT2D eigenvalue weighted by molar-refractivity contribution is 6.15. The van der Waals surface area contributed by atoms with E-state index in [2.05, 4.69) is 0 Å². The number of esters is 1. The zero-order valence-corrected chi connectivity index (χ0v) is 13.3. The summed E-state index contributed by atoms with van der Waals surface area (Å²) in [6, 6.07) is 8.38. The van der Waals surface area contributed by atoms with Gasteiger partial charge < -0.3 is 19.0 Å². The molecule has 124 valence electrons. The molecule has 3 aromatic rings. The fraction of sp³-hybridized carbons (Fsp3) is 0.222. The molecule has 0 saturated carbocycles. The topological polar surface area (TPSA) is 86.0 Å². The van der Waals surface area contributed by atoms with Crippen molar-refractivity contribution in [1.29, 1.82) is 0 Å². The van der Waals surface area contributed by atoms with Crippen LogP contribution in [-0.2, 0) is 11.2 Å². The van der Waals surface area contributed by atoms with E-state index in [0.29, 0.717) is 33.9 Å². The lowest BCUT2D eigenvalue weighted by Crippen LogP contribution is -2.08. The Morgan fingerprint density at radius 3 is 2.67 bits per heavy atom. The van der Waals surface area contributed by atoms with Gasteiger partial charge in [-0.25, -0.2) is 9.59 Å². The van der Waals surface area contributed by atoms with Gasteiger partial charge >= 0.3 is 11.6 Å². The molecule has 0 spiro atoms. The molecule has 6 heteroatoms. The van der Waals surface area contributed by atoms with E-state index < -0.39 is 11.6 Å². The van der Waals surface area contributed by atoms with Crippen LogP contribution in [0.15, 0.2) is 39.5 Å². The zero-order chi connectivity index (χ0) is 17.3. The van der Waals surface area contributed by atoms with Gasteiger partial charge in [0.25, 0.3) is 0 Å². The Hall–Kier alpha value is -2.86. The molecule has 2 aromatic carbocycles. The molecule has 0 radical (unpaired) electrons. The number of methoxy groups -OCH3 is 2. The predicted molar refractivity (Wildman–Crippen MR) is 88.7 cm³/mol. The maximum Gasteiger partial charge on any atom is 0.344 e. The number of aliphatic hydroxyl groups excluding tert-OH is 1. The molecule has 1 aromatic heterocycles. The maximum absolute atomic E-state index is 12.4. The molecule has 1 N–H and O–H groups in total. The highest BCUT2D eigenvalue weighted by Gasteiger charge is 2.19. The van der Waals surface area contributed by atoms with E-state index in [1.807, 2.05) is 0 Å². The van der Waals surface area contributed by atoms with E-state index in [9.17, 15) is 14.7 Å². The number of aliphatic hydroxyl groups is 1. The van der Waals surface area contributed by atoms with Crippen LogP contribution >= 0.6 is 0 Å². The van der Waals surface area contributed by atoms with Gasteiger partial charge in [-0.3, -0.25) is 0 Å². The molecule has 0 saturated heterocycles. The fourth-order valence-corrected chi connectivity index (χ4v) is 2.87. The van der Waals surface area contributed by atoms with E-state index in [-0.39, 0.29) is 17.8 Å². The van der Waals surface area contributed by atoms with Gasteiger partial charge in [0.05, 0.1) is 25.2 Å². The van der Waals surface area contributed by atoms with E-state index >= 15 is 0 Å². The summed E-state index contributed by atoms with van der Waals surface area (Å²) in [4.78, 5) is 24.6. The van der Waals surface area contributed by atoms with Gasteiger partial charge in [-0.2, -0.15) is 0 Å². The van der Waals surface area contributed by atoms with Gasteiger partial charge in [0.1, 0.15) is 11.3 Å². The minimum absolute atomic E-state index is 0.0942. The Bertz CT molecular complexity index is 986. The summed E-state index contributed by atoms with van der Waals surface area (Å²) in [5, 5.41) is 10.6. The van der Waals surface area contributed by atoms with Crippen LogP contribution in [0.2, 0.25) is 0 Å². The molecule has 0 bridgehead atoms. The lowest BCUT2D eigenvalue weighted by molar-refractivity contribution is 0.0602. The molecular weight excluding hydrogens is 312 g/mol. The third kappa shape index (κ3) is 2.51. The first-order chi connectivity index (χ1) is 11.6. The van der Waals surface area contributed by atoms with Crippen molar-refractivity contribution < 1.29 is 23.8 Å². The van der Waals surface area contributed by atoms with Gasteiger partial charge in [-0.15, -0.1) is 0 Å². The summed E-state index contributed by atoms with van der Waals surface area (Å²) in [6.45, 7) is -0.0942. The summed E-state index contributed by atoms with van der Waals surface area (Å²) in [6.07, 6.45) is 0.317. The van der Waals surface area contributed by atoms with Gasteiger partial charge in [0.15, 0.2) is 0 Å². The standard InChI is InChI=1S/C18H16O6/c1-22-11-8-13(17(20)23-2)16-12-5-3-4-10(6-7-19)15(12)18(21)24-14(16)9-11/h3-5,8-9,19H,6-7H2,1-2H3. The largest absolute Gasteiger partial charge is 0.497 e. The molecule has 0 aliphatic heterocycles. The Kier molecular flexibility index (Phi) is 4.22. The van der Waals surface area contributed by atoms with Crippen LogP contribution in [0, 0.1) is 0 Å². The Morgan fingerprint density at radius 2 is 2.00 bits per heavy atom. The molecule has 0 aliphatic rings. The van der Waals surface area contributed by atoms with Crippen molar-refractivity contribution in [3.05, 3.63) is 51.9 Å². The van der Waals surface area contributed by atoms with Crippen molar-refractivity contribution >= 4 is 27.7 Å². The monoisotopic (exact) mass is 328 g/mol. The Labute approximate surface area is 137 Å². The Morgan fingerprint density at radius 1 is 1.21 bits per heavy atom. The third-order valence-electron chi connectivity index (χ3n) is 3.92. The molecule has 24 heavy (non-hydrogen) atoms. The van der Waals surface area contributed by atoms with Gasteiger partial charge in [-0.1, -0.05) is 18.2 Å². The molecule has 1 heterocycles. The van der Waals surface area contributed by atoms with Crippen molar-refractivity contribution in [3.63, 3.8) is 0 Å². The van der Waals surface area contributed by atoms with Gasteiger partial charge in [0.2, 0.25) is 0 Å². The fourth-order valence-electron chi connectivity index (χ4n) is 2.87. The number of hydrogen-bond acceptors (Lipinski definition) is 6. The van der Waals surface area contributed by atoms with Crippen LogP contribution in [-0.4, -0.2) is 31.9 Å². The first kappa shape index (κ1) is 16.0. The molecule has 0 fully saturated rings. The SMILES string of the molecule is COC(=O)c1cc(OC)cc2oc(=O)c3c(CCO)cccc3c12. The lowest BCUT2D eigenvalue weighted by Gasteiger charge is -2.11. The maximum atomic E-state index is 12.4. The molecule has 0 aliphatic carbocycles. The van der Waals surface area contributed by atoms with Crippen molar-refractivity contribution in [1.82, 2.24) is 0 Å². The van der Waals surface area contributed by atoms with Gasteiger partial charge in [0, 0.05) is 23.4 Å². The predicted octanol–water partition coefficient (Wildman–Crippen LogP) is 2.28. The second kappa shape index (κ2) is 6.33. The second-order valence-electron chi connectivity index (χ2n) is 5.24. The lowest BCUT2D eigenvalue weighted by atomic mass is 9.98. The molecule has 6 nitrogen and oxygen atoms in total. The first-order valence-corrected chi connectivity index (χ1v) is 7.36. The number of benzene rings is 2. The van der Waals surface area contributed by atoms with E-state index in [4.69, 9.17) is 13.9 Å². The molecule has 0 amide bonds. The highest BCUT2D eigenvalue weighted by atomic mass is 16.5. The van der Waals surface area contributed by atoms with Crippen LogP contribution in [0.25, 0.3) is 21.7 Å². The van der Waals surface area contributed by atoms with E-state index in [0.717, 1.165) is 0 Å². The summed E-state index contributed by atoms with van der Waals surface area (Å²) >= 11 is 0. The first-order valence-electron chi connectivity index (χ1n) is 7.36. The average molecular weight is 328 g/mol. The molecular formula is C18H16O6. The molecule has 3 rings (SSSR count). The zero-order valence-electron chi connectivity index (χ0n) is 13.3. The van der Waals surface area contributed by atoms with Crippen LogP contribution in [0.4, 0.5) is 0 Å². The smallest absolute Gasteiger partial charge is 0.344 e. The number of rotatable bonds is 4. The number of carbonyl (C=O) groups excluding carboxylic acids is 1. The van der Waals surface area contributed by atoms with Crippen LogP contribution in [0.1, 0.15) is 15.9 Å². The average Bonchev–Trinajstić information content (AvgIpc) is 2.60. The van der Waals surface area contributed by atoms with Crippen LogP contribution in [0.5, 0.6) is 5.75 Å². The molecule has 0 unspecified atom stereocenters. The summed E-state index contributed by atoms with van der Waals surface area (Å²) < 4.78 is 15.4. The highest BCUT2D eigenvalue weighted by Crippen LogP contribution is 2.32. The van der Waals surface area contributed by atoms with Crippen molar-refractivity contribution in [2.75, 3.05) is 20.8 Å². The number of carbonyl (C=O) groups is 1. The van der Waals surface area contributed by atoms with Crippen molar-refractivity contribution in [3.8, 4) is 5.75 Å². The normalized spacial score (nSPS) is 11.0. The number of fused-ring (bicyclic) bond motifs is 3. The summed E-state index contributed by atoms with van der Waals surface area (Å²) in [5.41, 5.74) is 0.637. The number of ether oxygens (including phenoxy) is 2. The van der Waals surface area contributed by atoms with Crippen LogP contribution < -0.4 is 10.4 Å². The van der Waals surface area contributed by atoms with Crippen molar-refractivity contribution in [2.24, 2.45) is 0 Å². The second-order valence-corrected chi connectivity index (χ2v) is 5.24. The molecule has 0 atom stereocenters. The quantitative estimate of drug-likeness (QED) is 0.449. The number of hydrogen-bond donors (Lipinski definition) is 1. The Balaban J connectivity index is 2.52.